The zero-order valence-corrected chi connectivity index (χ0v) is 9.49. The van der Waals surface area contributed by atoms with Crippen molar-refractivity contribution >= 4 is 5.91 Å². The van der Waals surface area contributed by atoms with Gasteiger partial charge in [0.25, 0.3) is 5.91 Å². The summed E-state index contributed by atoms with van der Waals surface area (Å²) in [5.41, 5.74) is 3.00. The van der Waals surface area contributed by atoms with Crippen LogP contribution in [0.5, 0.6) is 0 Å². The minimum Gasteiger partial charge on any atom is -0.372 e. The summed E-state index contributed by atoms with van der Waals surface area (Å²) < 4.78 is 5.60. The van der Waals surface area contributed by atoms with Crippen molar-refractivity contribution in [1.82, 2.24) is 10.3 Å². The van der Waals surface area contributed by atoms with Crippen molar-refractivity contribution in [2.75, 3.05) is 13.1 Å². The molecule has 2 unspecified atom stereocenters. The largest absolute Gasteiger partial charge is 0.372 e. The molecule has 0 aromatic rings. The van der Waals surface area contributed by atoms with Crippen LogP contribution >= 0.6 is 0 Å². The Hall–Kier alpha value is -1.07. The Labute approximate surface area is 90.2 Å². The van der Waals surface area contributed by atoms with Crippen molar-refractivity contribution < 1.29 is 9.53 Å². The van der Waals surface area contributed by atoms with E-state index in [1.807, 2.05) is 20.8 Å². The van der Waals surface area contributed by atoms with Gasteiger partial charge in [0.2, 0.25) is 0 Å². The average Bonchev–Trinajstić information content (AvgIpc) is 2.16. The van der Waals surface area contributed by atoms with Crippen LogP contribution in [-0.2, 0) is 9.53 Å². The highest BCUT2D eigenvalue weighted by Gasteiger charge is 2.22. The molecular formula is C10H19N3O2. The number of carbonyl (C=O) groups excluding carboxylic acids is 1. The molecule has 0 saturated carbocycles. The summed E-state index contributed by atoms with van der Waals surface area (Å²) in [5, 5.41) is 0. The fraction of sp³-hybridized carbons (Fsp3) is 0.700. The summed E-state index contributed by atoms with van der Waals surface area (Å²) in [4.78, 5) is 13.2. The van der Waals surface area contributed by atoms with Crippen LogP contribution in [0.1, 0.15) is 20.8 Å². The number of nitrogens with two attached hydrogens (primary N) is 1. The molecule has 0 aliphatic carbocycles. The van der Waals surface area contributed by atoms with Gasteiger partial charge < -0.3 is 9.64 Å². The summed E-state index contributed by atoms with van der Waals surface area (Å²) in [6, 6.07) is 0. The molecule has 0 aromatic carbocycles. The quantitative estimate of drug-likeness (QED) is 0.293. The van der Waals surface area contributed by atoms with E-state index < -0.39 is 0 Å². The van der Waals surface area contributed by atoms with Gasteiger partial charge in [-0.25, -0.2) is 5.84 Å². The number of rotatable bonds is 2. The van der Waals surface area contributed by atoms with Crippen molar-refractivity contribution in [3.05, 3.63) is 11.8 Å². The number of amides is 1. The van der Waals surface area contributed by atoms with Crippen molar-refractivity contribution in [3.63, 3.8) is 0 Å². The predicted molar refractivity (Wildman–Crippen MR) is 57.7 cm³/mol. The van der Waals surface area contributed by atoms with E-state index in [0.29, 0.717) is 0 Å². The average molecular weight is 213 g/mol. The lowest BCUT2D eigenvalue weighted by molar-refractivity contribution is -0.116. The first-order valence-electron chi connectivity index (χ1n) is 5.12. The molecule has 1 rings (SSSR count). The highest BCUT2D eigenvalue weighted by molar-refractivity contribution is 5.87. The molecule has 1 aliphatic rings. The van der Waals surface area contributed by atoms with Gasteiger partial charge in [0.15, 0.2) is 0 Å². The minimum absolute atomic E-state index is 0.193. The molecule has 1 saturated heterocycles. The number of nitrogens with one attached hydrogen (secondary N) is 1. The first kappa shape index (κ1) is 12.0. The van der Waals surface area contributed by atoms with Crippen LogP contribution in [0.3, 0.4) is 0 Å². The molecule has 1 amide bonds. The topological polar surface area (TPSA) is 67.6 Å². The number of morpholine rings is 1. The molecular weight excluding hydrogens is 194 g/mol. The summed E-state index contributed by atoms with van der Waals surface area (Å²) >= 11 is 0. The van der Waals surface area contributed by atoms with E-state index in [4.69, 9.17) is 10.6 Å². The van der Waals surface area contributed by atoms with Gasteiger partial charge in [-0.3, -0.25) is 10.2 Å². The van der Waals surface area contributed by atoms with E-state index in [9.17, 15) is 4.79 Å². The van der Waals surface area contributed by atoms with Gasteiger partial charge in [0.05, 0.1) is 12.2 Å². The molecule has 5 nitrogen and oxygen atoms in total. The maximum atomic E-state index is 11.1. The van der Waals surface area contributed by atoms with E-state index in [1.165, 1.54) is 6.08 Å². The third-order valence-corrected chi connectivity index (χ3v) is 2.40. The first-order valence-corrected chi connectivity index (χ1v) is 5.12. The molecule has 86 valence electrons. The zero-order chi connectivity index (χ0) is 11.4. The van der Waals surface area contributed by atoms with E-state index in [-0.39, 0.29) is 18.1 Å². The normalized spacial score (nSPS) is 27.7. The van der Waals surface area contributed by atoms with E-state index in [1.54, 1.807) is 0 Å². The van der Waals surface area contributed by atoms with Gasteiger partial charge >= 0.3 is 0 Å². The van der Waals surface area contributed by atoms with Crippen LogP contribution in [0.25, 0.3) is 0 Å². The van der Waals surface area contributed by atoms with Crippen LogP contribution < -0.4 is 11.3 Å². The maximum absolute atomic E-state index is 11.1. The van der Waals surface area contributed by atoms with Gasteiger partial charge in [-0.15, -0.1) is 0 Å². The minimum atomic E-state index is -0.278. The molecule has 1 heterocycles. The second kappa shape index (κ2) is 5.14. The Morgan fingerprint density at radius 2 is 2.00 bits per heavy atom. The lowest BCUT2D eigenvalue weighted by Crippen LogP contribution is -2.44. The molecule has 0 radical (unpaired) electrons. The molecule has 0 bridgehead atoms. The Balaban J connectivity index is 2.62. The van der Waals surface area contributed by atoms with E-state index >= 15 is 0 Å². The van der Waals surface area contributed by atoms with Crippen LogP contribution in [-0.4, -0.2) is 36.1 Å². The number of nitrogens with zero attached hydrogens (tertiary/aromatic N) is 1. The standard InChI is InChI=1S/C10H19N3O2/c1-7(4-10(14)12-11)13-5-8(2)15-9(3)6-13/h4,8-9H,5-6,11H2,1-3H3,(H,12,14). The second-order valence-electron chi connectivity index (χ2n) is 3.96. The number of hydrogen-bond donors (Lipinski definition) is 2. The molecule has 0 spiro atoms. The van der Waals surface area contributed by atoms with E-state index in [2.05, 4.69) is 10.3 Å². The summed E-state index contributed by atoms with van der Waals surface area (Å²) in [6.45, 7) is 7.58. The Morgan fingerprint density at radius 1 is 1.47 bits per heavy atom. The fourth-order valence-corrected chi connectivity index (χ4v) is 1.79. The maximum Gasteiger partial charge on any atom is 0.259 e. The number of ether oxygens (including phenoxy) is 1. The van der Waals surface area contributed by atoms with Gasteiger partial charge in [-0.2, -0.15) is 0 Å². The first-order chi connectivity index (χ1) is 7.02. The summed E-state index contributed by atoms with van der Waals surface area (Å²) in [6.07, 6.45) is 1.89. The Morgan fingerprint density at radius 3 is 2.47 bits per heavy atom. The SMILES string of the molecule is CC(=CC(=O)NN)N1CC(C)OC(C)C1. The van der Waals surface area contributed by atoms with Gasteiger partial charge in [0.1, 0.15) is 0 Å². The third-order valence-electron chi connectivity index (χ3n) is 2.40. The Bertz CT molecular complexity index is 255. The smallest absolute Gasteiger partial charge is 0.259 e. The lowest BCUT2D eigenvalue weighted by Gasteiger charge is -2.37. The van der Waals surface area contributed by atoms with Crippen molar-refractivity contribution in [2.24, 2.45) is 5.84 Å². The number of hydrazine groups is 1. The number of allylic oxidation sites excluding steroid dienone is 1. The second-order valence-corrected chi connectivity index (χ2v) is 3.96. The molecule has 0 aromatic heterocycles. The molecule has 15 heavy (non-hydrogen) atoms. The van der Waals surface area contributed by atoms with Crippen molar-refractivity contribution in [1.29, 1.82) is 0 Å². The highest BCUT2D eigenvalue weighted by Crippen LogP contribution is 2.15. The molecule has 1 fully saturated rings. The fourth-order valence-electron chi connectivity index (χ4n) is 1.79. The summed E-state index contributed by atoms with van der Waals surface area (Å²) in [7, 11) is 0. The third kappa shape index (κ3) is 3.53. The van der Waals surface area contributed by atoms with Crippen molar-refractivity contribution in [2.45, 2.75) is 33.0 Å². The molecule has 1 aliphatic heterocycles. The summed E-state index contributed by atoms with van der Waals surface area (Å²) in [5.74, 6) is 4.74. The number of carbonyl (C=O) groups is 1. The lowest BCUT2D eigenvalue weighted by atomic mass is 10.2. The number of hydrogen-bond acceptors (Lipinski definition) is 4. The van der Waals surface area contributed by atoms with E-state index in [0.717, 1.165) is 18.8 Å². The van der Waals surface area contributed by atoms with Crippen LogP contribution in [0.2, 0.25) is 0 Å². The van der Waals surface area contributed by atoms with Crippen LogP contribution in [0, 0.1) is 0 Å². The van der Waals surface area contributed by atoms with Crippen LogP contribution in [0.4, 0.5) is 0 Å². The molecule has 3 N–H and O–H groups in total. The highest BCUT2D eigenvalue weighted by atomic mass is 16.5. The van der Waals surface area contributed by atoms with Gasteiger partial charge in [-0.1, -0.05) is 0 Å². The molecule has 5 heteroatoms. The predicted octanol–water partition coefficient (Wildman–Crippen LogP) is -0.0107. The zero-order valence-electron chi connectivity index (χ0n) is 9.49. The van der Waals surface area contributed by atoms with Gasteiger partial charge in [0, 0.05) is 24.9 Å². The van der Waals surface area contributed by atoms with Gasteiger partial charge in [-0.05, 0) is 20.8 Å². The monoisotopic (exact) mass is 213 g/mol. The molecule has 2 atom stereocenters. The Kier molecular flexibility index (Phi) is 4.11. The van der Waals surface area contributed by atoms with Crippen LogP contribution in [0.15, 0.2) is 11.8 Å². The van der Waals surface area contributed by atoms with Crippen molar-refractivity contribution in [3.8, 4) is 0 Å².